The number of ether oxygens (including phenoxy) is 1. The van der Waals surface area contributed by atoms with Crippen molar-refractivity contribution >= 4 is 32.8 Å². The number of aromatic nitrogens is 2. The number of hydrogen-bond donors (Lipinski definition) is 0. The number of pyridine rings is 1. The molecule has 1 aliphatic rings. The summed E-state index contributed by atoms with van der Waals surface area (Å²) in [5.41, 5.74) is 5.48. The van der Waals surface area contributed by atoms with Crippen LogP contribution < -0.4 is 4.74 Å². The van der Waals surface area contributed by atoms with Crippen molar-refractivity contribution in [1.29, 1.82) is 0 Å². The smallest absolute Gasteiger partial charge is 0.244 e. The Morgan fingerprint density at radius 3 is 2.69 bits per heavy atom. The number of furan rings is 1. The molecule has 0 amide bonds. The minimum absolute atomic E-state index is 0.673. The number of para-hydroxylation sites is 1. The molecule has 6 rings (SSSR count). The summed E-state index contributed by atoms with van der Waals surface area (Å²) in [6.45, 7) is 5.43. The average molecular weight is 382 g/mol. The van der Waals surface area contributed by atoms with Gasteiger partial charge in [-0.05, 0) is 68.5 Å². The van der Waals surface area contributed by atoms with Gasteiger partial charge in [-0.1, -0.05) is 18.2 Å². The van der Waals surface area contributed by atoms with Gasteiger partial charge < -0.3 is 13.7 Å². The summed E-state index contributed by atoms with van der Waals surface area (Å²) < 4.78 is 14.7. The van der Waals surface area contributed by atoms with E-state index in [0.29, 0.717) is 5.88 Å². The highest BCUT2D eigenvalue weighted by Gasteiger charge is 2.25. The lowest BCUT2D eigenvalue weighted by Gasteiger charge is -2.11. The molecule has 1 aliphatic carbocycles. The first-order valence-corrected chi connectivity index (χ1v) is 10.2. The molecule has 0 spiro atoms. The minimum Gasteiger partial charge on any atom is -0.456 e. The highest BCUT2D eigenvalue weighted by Crippen LogP contribution is 2.38. The van der Waals surface area contributed by atoms with Crippen LogP contribution in [0.5, 0.6) is 11.6 Å². The third-order valence-corrected chi connectivity index (χ3v) is 6.21. The van der Waals surface area contributed by atoms with E-state index in [4.69, 9.17) is 9.15 Å². The molecule has 1 saturated carbocycles. The lowest BCUT2D eigenvalue weighted by Crippen LogP contribution is -2.03. The van der Waals surface area contributed by atoms with Gasteiger partial charge in [0.2, 0.25) is 5.88 Å². The zero-order valence-corrected chi connectivity index (χ0v) is 16.6. The summed E-state index contributed by atoms with van der Waals surface area (Å²) in [6, 6.07) is 16.2. The molecule has 5 aromatic rings. The number of rotatable bonds is 4. The molecular formula is C25H22N2O2. The predicted molar refractivity (Wildman–Crippen MR) is 116 cm³/mol. The Labute approximate surface area is 168 Å². The fraction of sp³-hybridized carbons (Fsp3) is 0.240. The van der Waals surface area contributed by atoms with Crippen LogP contribution in [-0.2, 0) is 6.54 Å². The van der Waals surface area contributed by atoms with Crippen molar-refractivity contribution in [3.63, 3.8) is 0 Å². The molecule has 144 valence electrons. The Morgan fingerprint density at radius 1 is 1.00 bits per heavy atom. The number of nitrogens with zero attached hydrogens (tertiary/aromatic N) is 2. The monoisotopic (exact) mass is 382 g/mol. The standard InChI is InChI=1S/C25H22N2O2/c1-15-16(2)27(14-17-7-8-17)24-19(15)11-12-26-25(24)28-18-9-10-23-21(13-18)20-5-3-4-6-22(20)29-23/h3-6,9-13,17H,7-8,14H2,1-2H3. The van der Waals surface area contributed by atoms with Crippen LogP contribution in [0, 0.1) is 19.8 Å². The van der Waals surface area contributed by atoms with Crippen LogP contribution in [0.2, 0.25) is 0 Å². The van der Waals surface area contributed by atoms with Crippen LogP contribution >= 0.6 is 0 Å². The first-order chi connectivity index (χ1) is 14.2. The van der Waals surface area contributed by atoms with Crippen LogP contribution in [0.3, 0.4) is 0 Å². The van der Waals surface area contributed by atoms with Crippen molar-refractivity contribution in [2.75, 3.05) is 0 Å². The summed E-state index contributed by atoms with van der Waals surface area (Å²) in [5.74, 6) is 2.23. The highest BCUT2D eigenvalue weighted by molar-refractivity contribution is 6.05. The number of hydrogen-bond acceptors (Lipinski definition) is 3. The Morgan fingerprint density at radius 2 is 1.83 bits per heavy atom. The molecule has 0 saturated heterocycles. The number of aryl methyl sites for hydroxylation is 1. The first-order valence-electron chi connectivity index (χ1n) is 10.2. The fourth-order valence-corrected chi connectivity index (χ4v) is 4.31. The highest BCUT2D eigenvalue weighted by atomic mass is 16.5. The normalized spacial score (nSPS) is 14.3. The maximum absolute atomic E-state index is 6.36. The van der Waals surface area contributed by atoms with E-state index in [-0.39, 0.29) is 0 Å². The average Bonchev–Trinajstić information content (AvgIpc) is 3.44. The van der Waals surface area contributed by atoms with Gasteiger partial charge in [0.1, 0.15) is 22.4 Å². The summed E-state index contributed by atoms with van der Waals surface area (Å²) in [6.07, 6.45) is 4.48. The first kappa shape index (κ1) is 16.7. The molecule has 0 radical (unpaired) electrons. The third-order valence-electron chi connectivity index (χ3n) is 6.21. The maximum atomic E-state index is 6.36. The van der Waals surface area contributed by atoms with Gasteiger partial charge in [-0.25, -0.2) is 4.98 Å². The van der Waals surface area contributed by atoms with E-state index in [1.165, 1.54) is 29.5 Å². The van der Waals surface area contributed by atoms with Crippen LogP contribution in [0.25, 0.3) is 32.8 Å². The SMILES string of the molecule is Cc1c(C)n(CC2CC2)c2c(Oc3ccc4oc5ccccc5c4c3)nccc12. The fourth-order valence-electron chi connectivity index (χ4n) is 4.31. The molecule has 1 fully saturated rings. The van der Waals surface area contributed by atoms with E-state index < -0.39 is 0 Å². The van der Waals surface area contributed by atoms with Gasteiger partial charge in [0, 0.05) is 34.6 Å². The van der Waals surface area contributed by atoms with Crippen LogP contribution in [0.4, 0.5) is 0 Å². The van der Waals surface area contributed by atoms with Gasteiger partial charge in [0.25, 0.3) is 0 Å². The Hall–Kier alpha value is -3.27. The minimum atomic E-state index is 0.673. The summed E-state index contributed by atoms with van der Waals surface area (Å²) in [7, 11) is 0. The molecule has 0 atom stereocenters. The number of benzene rings is 2. The second-order valence-corrected chi connectivity index (χ2v) is 8.13. The van der Waals surface area contributed by atoms with Crippen molar-refractivity contribution < 1.29 is 9.15 Å². The molecule has 3 heterocycles. The van der Waals surface area contributed by atoms with Crippen molar-refractivity contribution in [3.8, 4) is 11.6 Å². The predicted octanol–water partition coefficient (Wildman–Crippen LogP) is 6.75. The van der Waals surface area contributed by atoms with E-state index in [2.05, 4.69) is 41.6 Å². The van der Waals surface area contributed by atoms with Crippen molar-refractivity contribution in [3.05, 3.63) is 66.0 Å². The molecule has 4 nitrogen and oxygen atoms in total. The molecule has 0 aliphatic heterocycles. The maximum Gasteiger partial charge on any atom is 0.244 e. The lowest BCUT2D eigenvalue weighted by molar-refractivity contribution is 0.464. The quantitative estimate of drug-likeness (QED) is 0.345. The molecule has 29 heavy (non-hydrogen) atoms. The van der Waals surface area contributed by atoms with Gasteiger partial charge in [0.15, 0.2) is 0 Å². The van der Waals surface area contributed by atoms with Crippen molar-refractivity contribution in [2.24, 2.45) is 5.92 Å². The Kier molecular flexibility index (Phi) is 3.51. The van der Waals surface area contributed by atoms with E-state index in [1.807, 2.05) is 36.5 Å². The summed E-state index contributed by atoms with van der Waals surface area (Å²) in [5, 5.41) is 3.39. The van der Waals surface area contributed by atoms with Crippen molar-refractivity contribution in [1.82, 2.24) is 9.55 Å². The van der Waals surface area contributed by atoms with Gasteiger partial charge in [-0.15, -0.1) is 0 Å². The third kappa shape index (κ3) is 2.63. The lowest BCUT2D eigenvalue weighted by atomic mass is 10.1. The molecule has 0 N–H and O–H groups in total. The van der Waals surface area contributed by atoms with Gasteiger partial charge in [-0.2, -0.15) is 0 Å². The van der Waals surface area contributed by atoms with Crippen LogP contribution in [0.1, 0.15) is 24.1 Å². The van der Waals surface area contributed by atoms with E-state index >= 15 is 0 Å². The van der Waals surface area contributed by atoms with Crippen molar-refractivity contribution in [2.45, 2.75) is 33.2 Å². The molecule has 0 bridgehead atoms. The molecular weight excluding hydrogens is 360 g/mol. The topological polar surface area (TPSA) is 40.2 Å². The van der Waals surface area contributed by atoms with Gasteiger partial charge in [0.05, 0.1) is 0 Å². The van der Waals surface area contributed by atoms with E-state index in [1.54, 1.807) is 0 Å². The largest absolute Gasteiger partial charge is 0.456 e. The van der Waals surface area contributed by atoms with E-state index in [0.717, 1.165) is 45.7 Å². The van der Waals surface area contributed by atoms with Gasteiger partial charge in [-0.3, -0.25) is 0 Å². The van der Waals surface area contributed by atoms with Crippen LogP contribution in [-0.4, -0.2) is 9.55 Å². The molecule has 2 aromatic carbocycles. The Bertz CT molecular complexity index is 1390. The second-order valence-electron chi connectivity index (χ2n) is 8.13. The number of fused-ring (bicyclic) bond motifs is 4. The summed E-state index contributed by atoms with van der Waals surface area (Å²) in [4.78, 5) is 4.61. The van der Waals surface area contributed by atoms with Crippen LogP contribution in [0.15, 0.2) is 59.1 Å². The zero-order valence-electron chi connectivity index (χ0n) is 16.6. The molecule has 0 unspecified atom stereocenters. The summed E-state index contributed by atoms with van der Waals surface area (Å²) >= 11 is 0. The Balaban J connectivity index is 1.48. The molecule has 4 heteroatoms. The van der Waals surface area contributed by atoms with E-state index in [9.17, 15) is 0 Å². The molecule has 3 aromatic heterocycles. The zero-order chi connectivity index (χ0) is 19.5. The second kappa shape index (κ2) is 6.11. The van der Waals surface area contributed by atoms with Gasteiger partial charge >= 0.3 is 0 Å².